The van der Waals surface area contributed by atoms with Crippen molar-refractivity contribution in [3.63, 3.8) is 0 Å². The van der Waals surface area contributed by atoms with Crippen molar-refractivity contribution in [2.45, 2.75) is 37.6 Å². The Morgan fingerprint density at radius 1 is 1.00 bits per heavy atom. The van der Waals surface area contributed by atoms with Crippen molar-refractivity contribution in [2.24, 2.45) is 5.92 Å². The smallest absolute Gasteiger partial charge is 0.243 e. The van der Waals surface area contributed by atoms with Gasteiger partial charge in [0.05, 0.1) is 16.3 Å². The van der Waals surface area contributed by atoms with Crippen molar-refractivity contribution in [3.05, 3.63) is 48.5 Å². The standard InChI is InChI=1S/C25H32N6O3S/c1-19(2)31-24-11-10-22(17-23(24)26-27-31)35(33,34)30-12-6-7-20(18-30)25(32)29-15-13-28(14-16-29)21-8-4-3-5-9-21/h3-5,8-11,17,19-20H,6-7,12-16,18H2,1-2H3/t20-/m0/s1. The first-order valence-electron chi connectivity index (χ1n) is 12.3. The maximum absolute atomic E-state index is 13.5. The Balaban J connectivity index is 1.26. The van der Waals surface area contributed by atoms with Gasteiger partial charge in [-0.2, -0.15) is 4.31 Å². The molecular formula is C25H32N6O3S. The van der Waals surface area contributed by atoms with Crippen LogP contribution in [0.3, 0.4) is 0 Å². The van der Waals surface area contributed by atoms with Gasteiger partial charge < -0.3 is 9.80 Å². The topological polar surface area (TPSA) is 91.6 Å². The molecule has 2 aliphatic heterocycles. The lowest BCUT2D eigenvalue weighted by Gasteiger charge is -2.39. The summed E-state index contributed by atoms with van der Waals surface area (Å²) >= 11 is 0. The number of anilines is 1. The van der Waals surface area contributed by atoms with Gasteiger partial charge in [0.1, 0.15) is 5.52 Å². The van der Waals surface area contributed by atoms with E-state index in [4.69, 9.17) is 0 Å². The van der Waals surface area contributed by atoms with E-state index in [1.54, 1.807) is 22.9 Å². The van der Waals surface area contributed by atoms with Crippen LogP contribution in [0.1, 0.15) is 32.7 Å². The molecule has 2 aromatic carbocycles. The van der Waals surface area contributed by atoms with Crippen molar-refractivity contribution in [2.75, 3.05) is 44.2 Å². The van der Waals surface area contributed by atoms with Gasteiger partial charge in [0.2, 0.25) is 15.9 Å². The molecule has 0 N–H and O–H groups in total. The first-order chi connectivity index (χ1) is 16.8. The minimum atomic E-state index is -3.73. The zero-order valence-electron chi connectivity index (χ0n) is 20.2. The van der Waals surface area contributed by atoms with Crippen molar-refractivity contribution in [1.29, 1.82) is 0 Å². The van der Waals surface area contributed by atoms with Gasteiger partial charge in [-0.3, -0.25) is 4.79 Å². The van der Waals surface area contributed by atoms with Gasteiger partial charge in [-0.25, -0.2) is 13.1 Å². The summed E-state index contributed by atoms with van der Waals surface area (Å²) in [5, 5.41) is 8.30. The first kappa shape index (κ1) is 23.7. The Kier molecular flexibility index (Phi) is 6.50. The monoisotopic (exact) mass is 496 g/mol. The molecule has 3 heterocycles. The van der Waals surface area contributed by atoms with Crippen molar-refractivity contribution in [1.82, 2.24) is 24.2 Å². The molecule has 2 fully saturated rings. The van der Waals surface area contributed by atoms with E-state index >= 15 is 0 Å². The number of carbonyl (C=O) groups is 1. The van der Waals surface area contributed by atoms with Gasteiger partial charge >= 0.3 is 0 Å². The van der Waals surface area contributed by atoms with Crippen LogP contribution in [0.25, 0.3) is 11.0 Å². The van der Waals surface area contributed by atoms with Crippen LogP contribution in [0.4, 0.5) is 5.69 Å². The molecule has 1 aromatic heterocycles. The third kappa shape index (κ3) is 4.64. The van der Waals surface area contributed by atoms with Crippen LogP contribution in [0.15, 0.2) is 53.4 Å². The molecule has 2 aliphatic rings. The molecule has 9 nitrogen and oxygen atoms in total. The molecule has 10 heteroatoms. The average Bonchev–Trinajstić information content (AvgIpc) is 3.33. The van der Waals surface area contributed by atoms with Crippen LogP contribution in [0, 0.1) is 5.92 Å². The number of sulfonamides is 1. The van der Waals surface area contributed by atoms with E-state index in [1.165, 1.54) is 9.99 Å². The molecule has 186 valence electrons. The number of rotatable bonds is 5. The molecule has 0 unspecified atom stereocenters. The normalized spacial score (nSPS) is 20.0. The Hall–Kier alpha value is -2.98. The van der Waals surface area contributed by atoms with Gasteiger partial charge in [-0.05, 0) is 57.0 Å². The third-order valence-electron chi connectivity index (χ3n) is 7.02. The molecule has 3 aromatic rings. The highest BCUT2D eigenvalue weighted by atomic mass is 32.2. The lowest BCUT2D eigenvalue weighted by Crippen LogP contribution is -2.53. The number of amides is 1. The van der Waals surface area contributed by atoms with Crippen LogP contribution in [0.5, 0.6) is 0 Å². The number of benzene rings is 2. The van der Waals surface area contributed by atoms with Crippen LogP contribution in [-0.2, 0) is 14.8 Å². The molecule has 0 radical (unpaired) electrons. The number of nitrogens with zero attached hydrogens (tertiary/aromatic N) is 6. The fourth-order valence-corrected chi connectivity index (χ4v) is 6.60. The number of piperazine rings is 1. The summed E-state index contributed by atoms with van der Waals surface area (Å²) in [4.78, 5) is 17.7. The summed E-state index contributed by atoms with van der Waals surface area (Å²) < 4.78 is 30.2. The highest BCUT2D eigenvalue weighted by Gasteiger charge is 2.36. The van der Waals surface area contributed by atoms with Gasteiger partial charge in [0, 0.05) is 51.0 Å². The van der Waals surface area contributed by atoms with Gasteiger partial charge in [-0.15, -0.1) is 5.10 Å². The zero-order chi connectivity index (χ0) is 24.6. The molecule has 0 bridgehead atoms. The van der Waals surface area contributed by atoms with E-state index in [-0.39, 0.29) is 29.3 Å². The predicted molar refractivity (Wildman–Crippen MR) is 135 cm³/mol. The summed E-state index contributed by atoms with van der Waals surface area (Å²) in [5.74, 6) is -0.250. The van der Waals surface area contributed by atoms with Crippen molar-refractivity contribution < 1.29 is 13.2 Å². The molecule has 5 rings (SSSR count). The van der Waals surface area contributed by atoms with E-state index in [9.17, 15) is 13.2 Å². The second kappa shape index (κ2) is 9.58. The van der Waals surface area contributed by atoms with Crippen LogP contribution in [-0.4, -0.2) is 77.8 Å². The average molecular weight is 497 g/mol. The Bertz CT molecular complexity index is 1300. The molecule has 0 spiro atoms. The fraction of sp³-hybridized carbons (Fsp3) is 0.480. The number of aromatic nitrogens is 3. The van der Waals surface area contributed by atoms with Gasteiger partial charge in [0.15, 0.2) is 0 Å². The van der Waals surface area contributed by atoms with Crippen LogP contribution in [0.2, 0.25) is 0 Å². The van der Waals surface area contributed by atoms with E-state index < -0.39 is 10.0 Å². The van der Waals surface area contributed by atoms with Crippen LogP contribution >= 0.6 is 0 Å². The largest absolute Gasteiger partial charge is 0.368 e. The highest BCUT2D eigenvalue weighted by Crippen LogP contribution is 2.28. The van der Waals surface area contributed by atoms with E-state index in [0.717, 1.165) is 18.6 Å². The molecule has 1 atom stereocenters. The summed E-state index contributed by atoms with van der Waals surface area (Å²) in [6.07, 6.45) is 1.39. The zero-order valence-corrected chi connectivity index (χ0v) is 21.1. The maximum Gasteiger partial charge on any atom is 0.243 e. The lowest BCUT2D eigenvalue weighted by molar-refractivity contribution is -0.137. The molecule has 1 amide bonds. The maximum atomic E-state index is 13.5. The lowest BCUT2D eigenvalue weighted by atomic mass is 9.97. The van der Waals surface area contributed by atoms with Crippen molar-refractivity contribution >= 4 is 32.7 Å². The Morgan fingerprint density at radius 2 is 1.74 bits per heavy atom. The summed E-state index contributed by atoms with van der Waals surface area (Å²) in [7, 11) is -3.73. The molecule has 0 saturated carbocycles. The first-order valence-corrected chi connectivity index (χ1v) is 13.7. The predicted octanol–water partition coefficient (Wildman–Crippen LogP) is 2.76. The molecule has 0 aliphatic carbocycles. The number of para-hydroxylation sites is 1. The van der Waals surface area contributed by atoms with E-state index in [0.29, 0.717) is 38.0 Å². The molecule has 35 heavy (non-hydrogen) atoms. The number of hydrogen-bond acceptors (Lipinski definition) is 6. The van der Waals surface area contributed by atoms with E-state index in [2.05, 4.69) is 27.3 Å². The summed E-state index contributed by atoms with van der Waals surface area (Å²) in [6, 6.07) is 15.3. The molecular weight excluding hydrogens is 464 g/mol. The minimum absolute atomic E-state index is 0.0629. The Morgan fingerprint density at radius 3 is 2.46 bits per heavy atom. The quantitative estimate of drug-likeness (QED) is 0.540. The van der Waals surface area contributed by atoms with Gasteiger partial charge in [-0.1, -0.05) is 23.4 Å². The van der Waals surface area contributed by atoms with Crippen molar-refractivity contribution in [3.8, 4) is 0 Å². The molecule has 2 saturated heterocycles. The minimum Gasteiger partial charge on any atom is -0.368 e. The number of hydrogen-bond donors (Lipinski definition) is 0. The summed E-state index contributed by atoms with van der Waals surface area (Å²) in [5.41, 5.74) is 2.53. The third-order valence-corrected chi connectivity index (χ3v) is 8.88. The van der Waals surface area contributed by atoms with E-state index in [1.807, 2.05) is 36.9 Å². The number of carbonyl (C=O) groups excluding carboxylic acids is 1. The highest BCUT2D eigenvalue weighted by molar-refractivity contribution is 7.89. The van der Waals surface area contributed by atoms with Crippen LogP contribution < -0.4 is 4.90 Å². The second-order valence-electron chi connectivity index (χ2n) is 9.63. The number of fused-ring (bicyclic) bond motifs is 1. The van der Waals surface area contributed by atoms with Gasteiger partial charge in [0.25, 0.3) is 0 Å². The summed E-state index contributed by atoms with van der Waals surface area (Å²) in [6.45, 7) is 7.51. The second-order valence-corrected chi connectivity index (χ2v) is 11.6. The number of piperidine rings is 1. The SMILES string of the molecule is CC(C)n1nnc2cc(S(=O)(=O)N3CCC[C@H](C(=O)N4CCN(c5ccccc5)CC4)C3)ccc21. The Labute approximate surface area is 206 Å². The fourth-order valence-electron chi connectivity index (χ4n) is 5.06.